The summed E-state index contributed by atoms with van der Waals surface area (Å²) < 4.78 is 0. The molecule has 0 aromatic heterocycles. The Hall–Kier alpha value is -0.0400. The highest BCUT2D eigenvalue weighted by Gasteiger charge is 2.37. The summed E-state index contributed by atoms with van der Waals surface area (Å²) in [6.07, 6.45) is 2.16. The maximum Gasteiger partial charge on any atom is 0.0568 e. The zero-order valence-electron chi connectivity index (χ0n) is 5.59. The van der Waals surface area contributed by atoms with Crippen molar-refractivity contribution in [2.24, 2.45) is 11.8 Å². The highest BCUT2D eigenvalue weighted by molar-refractivity contribution is 4.87. The molecule has 1 saturated carbocycles. The first-order valence-corrected chi connectivity index (χ1v) is 3.43. The smallest absolute Gasteiger partial charge is 0.0568 e. The summed E-state index contributed by atoms with van der Waals surface area (Å²) >= 11 is 0. The van der Waals surface area contributed by atoms with Crippen molar-refractivity contribution in [2.75, 3.05) is 0 Å². The Morgan fingerprint density at radius 2 is 2.25 bits per heavy atom. The van der Waals surface area contributed by atoms with E-state index in [0.29, 0.717) is 5.92 Å². The van der Waals surface area contributed by atoms with Crippen LogP contribution in [0.5, 0.6) is 0 Å². The maximum atomic E-state index is 9.17. The fourth-order valence-corrected chi connectivity index (χ4v) is 1.19. The van der Waals surface area contributed by atoms with E-state index in [0.717, 1.165) is 12.3 Å². The third-order valence-corrected chi connectivity index (χ3v) is 2.08. The van der Waals surface area contributed by atoms with E-state index < -0.39 is 0 Å². The molecule has 2 unspecified atom stereocenters. The molecule has 0 spiro atoms. The Bertz CT molecular complexity index is 78.5. The average Bonchev–Trinajstić information content (AvgIpc) is 2.45. The van der Waals surface area contributed by atoms with Crippen molar-refractivity contribution in [3.63, 3.8) is 0 Å². The van der Waals surface area contributed by atoms with Gasteiger partial charge in [-0.1, -0.05) is 13.8 Å². The molecular formula is C7H14O. The number of rotatable bonds is 2. The number of aliphatic hydroxyl groups excluding tert-OH is 1. The fourth-order valence-electron chi connectivity index (χ4n) is 1.19. The first-order valence-electron chi connectivity index (χ1n) is 3.43. The lowest BCUT2D eigenvalue weighted by atomic mass is 10.1. The molecule has 1 fully saturated rings. The van der Waals surface area contributed by atoms with Gasteiger partial charge in [0, 0.05) is 0 Å². The Morgan fingerprint density at radius 1 is 1.75 bits per heavy atom. The molecule has 1 heteroatoms. The SMILES string of the molecule is CC[C@@H](O)C1CC1C. The van der Waals surface area contributed by atoms with Crippen molar-refractivity contribution in [2.45, 2.75) is 32.8 Å². The van der Waals surface area contributed by atoms with E-state index in [-0.39, 0.29) is 6.10 Å². The number of hydrogen-bond donors (Lipinski definition) is 1. The van der Waals surface area contributed by atoms with E-state index in [9.17, 15) is 0 Å². The summed E-state index contributed by atoms with van der Waals surface area (Å²) in [5.41, 5.74) is 0. The first-order chi connectivity index (χ1) is 3.75. The van der Waals surface area contributed by atoms with Crippen LogP contribution in [-0.4, -0.2) is 11.2 Å². The van der Waals surface area contributed by atoms with Gasteiger partial charge in [-0.3, -0.25) is 0 Å². The van der Waals surface area contributed by atoms with Gasteiger partial charge in [-0.15, -0.1) is 0 Å². The van der Waals surface area contributed by atoms with E-state index in [4.69, 9.17) is 5.11 Å². The molecule has 0 aliphatic heterocycles. The van der Waals surface area contributed by atoms with Crippen molar-refractivity contribution >= 4 is 0 Å². The van der Waals surface area contributed by atoms with E-state index in [2.05, 4.69) is 6.92 Å². The summed E-state index contributed by atoms with van der Waals surface area (Å²) in [7, 11) is 0. The predicted molar refractivity (Wildman–Crippen MR) is 33.6 cm³/mol. The predicted octanol–water partition coefficient (Wildman–Crippen LogP) is 1.41. The Balaban J connectivity index is 2.18. The van der Waals surface area contributed by atoms with Gasteiger partial charge in [-0.05, 0) is 24.7 Å². The molecule has 0 radical (unpaired) electrons. The second-order valence-electron chi connectivity index (χ2n) is 2.85. The van der Waals surface area contributed by atoms with Crippen LogP contribution in [0.15, 0.2) is 0 Å². The Kier molecular flexibility index (Phi) is 1.57. The van der Waals surface area contributed by atoms with Crippen LogP contribution in [0.2, 0.25) is 0 Å². The molecule has 1 rings (SSSR count). The maximum absolute atomic E-state index is 9.17. The first kappa shape index (κ1) is 6.09. The summed E-state index contributed by atoms with van der Waals surface area (Å²) in [6, 6.07) is 0. The van der Waals surface area contributed by atoms with Crippen LogP contribution in [-0.2, 0) is 0 Å². The Morgan fingerprint density at radius 3 is 2.38 bits per heavy atom. The van der Waals surface area contributed by atoms with Gasteiger partial charge in [0.25, 0.3) is 0 Å². The van der Waals surface area contributed by atoms with E-state index in [1.165, 1.54) is 6.42 Å². The highest BCUT2D eigenvalue weighted by atomic mass is 16.3. The molecule has 48 valence electrons. The Labute approximate surface area is 50.7 Å². The van der Waals surface area contributed by atoms with E-state index in [1.807, 2.05) is 6.92 Å². The van der Waals surface area contributed by atoms with Crippen molar-refractivity contribution in [3.05, 3.63) is 0 Å². The lowest BCUT2D eigenvalue weighted by molar-refractivity contribution is 0.142. The normalized spacial score (nSPS) is 39.4. The van der Waals surface area contributed by atoms with Gasteiger partial charge in [-0.25, -0.2) is 0 Å². The molecule has 0 heterocycles. The molecule has 8 heavy (non-hydrogen) atoms. The number of aliphatic hydroxyl groups is 1. The molecule has 0 aromatic carbocycles. The van der Waals surface area contributed by atoms with Gasteiger partial charge in [0.1, 0.15) is 0 Å². The van der Waals surface area contributed by atoms with Crippen LogP contribution >= 0.6 is 0 Å². The zero-order chi connectivity index (χ0) is 6.15. The van der Waals surface area contributed by atoms with Gasteiger partial charge in [0.15, 0.2) is 0 Å². The summed E-state index contributed by atoms with van der Waals surface area (Å²) in [4.78, 5) is 0. The molecule has 0 aromatic rings. The van der Waals surface area contributed by atoms with Gasteiger partial charge < -0.3 is 5.11 Å². The monoisotopic (exact) mass is 114 g/mol. The van der Waals surface area contributed by atoms with Crippen LogP contribution in [0.3, 0.4) is 0 Å². The quantitative estimate of drug-likeness (QED) is 0.575. The van der Waals surface area contributed by atoms with Crippen molar-refractivity contribution in [1.29, 1.82) is 0 Å². The molecule has 1 N–H and O–H groups in total. The van der Waals surface area contributed by atoms with Crippen LogP contribution in [0.1, 0.15) is 26.7 Å². The third-order valence-electron chi connectivity index (χ3n) is 2.08. The average molecular weight is 114 g/mol. The van der Waals surface area contributed by atoms with Crippen molar-refractivity contribution < 1.29 is 5.11 Å². The van der Waals surface area contributed by atoms with Crippen molar-refractivity contribution in [1.82, 2.24) is 0 Å². The lowest BCUT2D eigenvalue weighted by Gasteiger charge is -2.02. The van der Waals surface area contributed by atoms with Gasteiger partial charge in [-0.2, -0.15) is 0 Å². The summed E-state index contributed by atoms with van der Waals surface area (Å²) in [6.45, 7) is 4.24. The van der Waals surface area contributed by atoms with E-state index >= 15 is 0 Å². The topological polar surface area (TPSA) is 20.2 Å². The van der Waals surface area contributed by atoms with Gasteiger partial charge in [0.05, 0.1) is 6.10 Å². The van der Waals surface area contributed by atoms with Crippen LogP contribution in [0.25, 0.3) is 0 Å². The van der Waals surface area contributed by atoms with Crippen LogP contribution in [0.4, 0.5) is 0 Å². The number of hydrogen-bond acceptors (Lipinski definition) is 1. The molecule has 3 atom stereocenters. The molecule has 0 bridgehead atoms. The zero-order valence-corrected chi connectivity index (χ0v) is 5.59. The summed E-state index contributed by atoms with van der Waals surface area (Å²) in [5.74, 6) is 1.44. The lowest BCUT2D eigenvalue weighted by Crippen LogP contribution is -2.07. The molecule has 1 nitrogen and oxygen atoms in total. The second kappa shape index (κ2) is 2.06. The minimum absolute atomic E-state index is 0.00926. The second-order valence-corrected chi connectivity index (χ2v) is 2.85. The van der Waals surface area contributed by atoms with Crippen LogP contribution < -0.4 is 0 Å². The molecular weight excluding hydrogens is 100 g/mol. The largest absolute Gasteiger partial charge is 0.393 e. The standard InChI is InChI=1S/C7H14O/c1-3-7(8)6-4-5(6)2/h5-8H,3-4H2,1-2H3/t5?,6?,7-/m1/s1. The third kappa shape index (κ3) is 1.03. The van der Waals surface area contributed by atoms with E-state index in [1.54, 1.807) is 0 Å². The molecule has 0 amide bonds. The molecule has 1 aliphatic carbocycles. The minimum Gasteiger partial charge on any atom is -0.393 e. The molecule has 0 saturated heterocycles. The highest BCUT2D eigenvalue weighted by Crippen LogP contribution is 2.41. The molecule has 1 aliphatic rings. The minimum atomic E-state index is -0.00926. The van der Waals surface area contributed by atoms with Gasteiger partial charge in [0.2, 0.25) is 0 Å². The fraction of sp³-hybridized carbons (Fsp3) is 1.00. The van der Waals surface area contributed by atoms with Crippen LogP contribution in [0, 0.1) is 11.8 Å². The van der Waals surface area contributed by atoms with Gasteiger partial charge >= 0.3 is 0 Å². The summed E-state index contributed by atoms with van der Waals surface area (Å²) in [5, 5.41) is 9.17. The van der Waals surface area contributed by atoms with Crippen molar-refractivity contribution in [3.8, 4) is 0 Å².